The van der Waals surface area contributed by atoms with E-state index >= 15 is 0 Å². The number of aliphatic hydroxyl groups excluding tert-OH is 4. The minimum absolute atomic E-state index is 0.0378. The van der Waals surface area contributed by atoms with Crippen LogP contribution >= 0.6 is 0 Å². The first-order valence-corrected chi connectivity index (χ1v) is 9.81. The number of phenolic OH excluding ortho intramolecular Hbond substituents is 5. The number of aromatic hydroxyl groups is 6. The van der Waals surface area contributed by atoms with E-state index in [1.165, 1.54) is 24.3 Å². The van der Waals surface area contributed by atoms with Gasteiger partial charge in [-0.05, 0) is 18.2 Å². The van der Waals surface area contributed by atoms with Gasteiger partial charge in [-0.1, -0.05) is 0 Å². The van der Waals surface area contributed by atoms with E-state index in [-0.39, 0.29) is 17.1 Å². The van der Waals surface area contributed by atoms with Crippen LogP contribution in [-0.2, 0) is 9.47 Å². The molecule has 178 valence electrons. The van der Waals surface area contributed by atoms with Gasteiger partial charge in [0.05, 0.1) is 18.2 Å². The maximum atomic E-state index is 10.3. The number of hydrogen-bond acceptors (Lipinski definition) is 11. The van der Waals surface area contributed by atoms with Crippen LogP contribution in [0.2, 0.25) is 0 Å². The van der Waals surface area contributed by atoms with E-state index in [2.05, 4.69) is 4.74 Å². The number of ether oxygens (including phenoxy) is 3. The summed E-state index contributed by atoms with van der Waals surface area (Å²) in [5.74, 6) is -3.01. The summed E-state index contributed by atoms with van der Waals surface area (Å²) in [6, 6.07) is 4.91. The molecule has 12 nitrogen and oxygen atoms in total. The highest BCUT2D eigenvalue weighted by atomic mass is 16.7. The third kappa shape index (κ3) is 3.94. The molecular weight excluding hydrogens is 444 g/mol. The molecule has 4 rings (SSSR count). The summed E-state index contributed by atoms with van der Waals surface area (Å²) in [6.07, 6.45) is -7.69. The molecule has 0 spiro atoms. The van der Waals surface area contributed by atoms with Crippen LogP contribution in [0, 0.1) is 0 Å². The number of aliphatic hydroxyl groups is 5. The molecule has 2 aliphatic rings. The van der Waals surface area contributed by atoms with E-state index in [1.807, 2.05) is 0 Å². The summed E-state index contributed by atoms with van der Waals surface area (Å²) in [6.45, 7) is -0.680. The zero-order chi connectivity index (χ0) is 24.0. The van der Waals surface area contributed by atoms with Gasteiger partial charge >= 0.3 is 0 Å². The van der Waals surface area contributed by atoms with Crippen LogP contribution in [-0.4, -0.2) is 88.0 Å². The van der Waals surface area contributed by atoms with E-state index in [4.69, 9.17) is 9.47 Å². The number of fused-ring (bicyclic) bond motifs is 1. The van der Waals surface area contributed by atoms with Crippen molar-refractivity contribution in [1.82, 2.24) is 0 Å². The van der Waals surface area contributed by atoms with Crippen molar-refractivity contribution >= 4 is 6.08 Å². The van der Waals surface area contributed by atoms with Crippen molar-refractivity contribution < 1.29 is 60.2 Å². The van der Waals surface area contributed by atoms with Gasteiger partial charge < -0.3 is 60.2 Å². The molecule has 0 aromatic heterocycles. The third-order valence-corrected chi connectivity index (χ3v) is 5.51. The van der Waals surface area contributed by atoms with Gasteiger partial charge in [0.15, 0.2) is 28.8 Å². The van der Waals surface area contributed by atoms with Gasteiger partial charge in [0.1, 0.15) is 30.0 Å². The molecule has 6 unspecified atom stereocenters. The Kier molecular flexibility index (Phi) is 5.86. The Morgan fingerprint density at radius 2 is 1.58 bits per heavy atom. The largest absolute Gasteiger partial charge is 0.571 e. The Hall–Kier alpha value is -3.42. The van der Waals surface area contributed by atoms with Crippen LogP contribution in [0.3, 0.4) is 0 Å². The summed E-state index contributed by atoms with van der Waals surface area (Å²) >= 11 is 0. The Morgan fingerprint density at radius 1 is 0.848 bits per heavy atom. The molecule has 33 heavy (non-hydrogen) atoms. The number of rotatable bonds is 4. The van der Waals surface area contributed by atoms with E-state index in [0.29, 0.717) is 5.56 Å². The second-order valence-corrected chi connectivity index (χ2v) is 7.67. The van der Waals surface area contributed by atoms with Crippen molar-refractivity contribution in [2.75, 3.05) is 6.61 Å². The van der Waals surface area contributed by atoms with E-state index in [9.17, 15) is 46.0 Å². The maximum Gasteiger partial charge on any atom is 0.270 e. The summed E-state index contributed by atoms with van der Waals surface area (Å²) < 4.78 is 15.5. The van der Waals surface area contributed by atoms with Crippen LogP contribution in [0.5, 0.6) is 34.5 Å². The first-order valence-electron chi connectivity index (χ1n) is 9.81. The lowest BCUT2D eigenvalue weighted by atomic mass is 9.98. The van der Waals surface area contributed by atoms with Gasteiger partial charge in [-0.25, -0.2) is 0 Å². The number of hydrogen-bond donors (Lipinski definition) is 9. The predicted octanol–water partition coefficient (Wildman–Crippen LogP) is -0.632. The lowest BCUT2D eigenvalue weighted by molar-refractivity contribution is -0.295. The van der Waals surface area contributed by atoms with Crippen molar-refractivity contribution in [2.45, 2.75) is 36.8 Å². The molecule has 0 saturated carbocycles. The minimum atomic E-state index is -1.74. The molecule has 1 saturated heterocycles. The molecule has 2 heterocycles. The highest BCUT2D eigenvalue weighted by molar-refractivity contribution is 5.73. The van der Waals surface area contributed by atoms with Crippen molar-refractivity contribution in [3.8, 4) is 34.5 Å². The Bertz CT molecular complexity index is 1080. The predicted molar refractivity (Wildman–Crippen MR) is 108 cm³/mol. The van der Waals surface area contributed by atoms with Crippen molar-refractivity contribution in [1.29, 1.82) is 0 Å². The van der Waals surface area contributed by atoms with Gasteiger partial charge in [0.25, 0.3) is 11.9 Å². The van der Waals surface area contributed by atoms with Crippen molar-refractivity contribution in [3.05, 3.63) is 41.2 Å². The zero-order valence-electron chi connectivity index (χ0n) is 16.8. The average Bonchev–Trinajstić information content (AvgIpc) is 2.79. The van der Waals surface area contributed by atoms with Crippen molar-refractivity contribution in [3.63, 3.8) is 0 Å². The van der Waals surface area contributed by atoms with Crippen LogP contribution in [0.4, 0.5) is 0 Å². The lowest BCUT2D eigenvalue weighted by Gasteiger charge is -2.40. The lowest BCUT2D eigenvalue weighted by Crippen LogP contribution is -2.59. The standard InChI is InChI=1S/C21H22O12/c22-6-14-17(28)18(29)19(30)21(33-14)32-13-4-8-12(5-11(25)16(27)15(8)26)31-20(13)7-1-2-9(23)10(24)3-7/h1-5,14,17-30H,6H2/p+1. The van der Waals surface area contributed by atoms with Gasteiger partial charge in [-0.3, -0.25) is 0 Å². The quantitative estimate of drug-likeness (QED) is 0.157. The van der Waals surface area contributed by atoms with Gasteiger partial charge in [-0.15, -0.1) is 0 Å². The third-order valence-electron chi connectivity index (χ3n) is 5.51. The van der Waals surface area contributed by atoms with Crippen LogP contribution in [0.1, 0.15) is 17.2 Å². The summed E-state index contributed by atoms with van der Waals surface area (Å²) in [4.78, 5) is 0. The van der Waals surface area contributed by atoms with Gasteiger partial charge in [0.2, 0.25) is 12.0 Å². The molecule has 12 heteroatoms. The molecule has 0 bridgehead atoms. The molecule has 0 amide bonds. The fraction of sp³-hybridized carbons (Fsp3) is 0.333. The second-order valence-electron chi connectivity index (χ2n) is 7.67. The van der Waals surface area contributed by atoms with E-state index in [0.717, 1.165) is 6.07 Å². The van der Waals surface area contributed by atoms with Gasteiger partial charge in [0, 0.05) is 6.08 Å². The highest BCUT2D eigenvalue weighted by Crippen LogP contribution is 2.50. The Morgan fingerprint density at radius 3 is 2.24 bits per heavy atom. The fourth-order valence-corrected chi connectivity index (χ4v) is 3.67. The zero-order valence-corrected chi connectivity index (χ0v) is 16.8. The SMILES string of the molecule is OCC1OC(OC2=Cc3c(cc(O)c(O)c3O)[OH+]C2c2ccc(O)c(O)c2)C(O)C(O)C1O. The average molecular weight is 467 g/mol. The maximum absolute atomic E-state index is 10.3. The molecule has 0 radical (unpaired) electrons. The van der Waals surface area contributed by atoms with E-state index in [1.54, 1.807) is 0 Å². The smallest absolute Gasteiger partial charge is 0.270 e. The molecule has 2 aromatic rings. The molecule has 2 aromatic carbocycles. The molecule has 1 fully saturated rings. The topological polar surface area (TPSA) is 213 Å². The fourth-order valence-electron chi connectivity index (χ4n) is 3.67. The molecule has 6 atom stereocenters. The summed E-state index contributed by atoms with van der Waals surface area (Å²) in [7, 11) is 0. The highest BCUT2D eigenvalue weighted by Gasteiger charge is 2.46. The van der Waals surface area contributed by atoms with Crippen LogP contribution < -0.4 is 0 Å². The number of phenols is 5. The minimum Gasteiger partial charge on any atom is -0.571 e. The summed E-state index contributed by atoms with van der Waals surface area (Å²) in [5.41, 5.74) is 0.253. The second kappa shape index (κ2) is 8.50. The monoisotopic (exact) mass is 467 g/mol. The van der Waals surface area contributed by atoms with Crippen molar-refractivity contribution in [2.24, 2.45) is 0 Å². The first kappa shape index (κ1) is 22.8. The molecular formula is C21H23O12+. The van der Waals surface area contributed by atoms with Gasteiger partial charge in [-0.2, -0.15) is 0 Å². The Labute approximate surface area is 186 Å². The van der Waals surface area contributed by atoms with Crippen LogP contribution in [0.25, 0.3) is 6.08 Å². The molecule has 2 aliphatic heterocycles. The molecule has 0 aliphatic carbocycles. The Balaban J connectivity index is 1.77. The number of benzene rings is 2. The normalized spacial score (nSPS) is 29.0. The summed E-state index contributed by atoms with van der Waals surface area (Å²) in [5, 5.41) is 89.2. The molecule has 10 N–H and O–H groups in total. The van der Waals surface area contributed by atoms with Crippen LogP contribution in [0.15, 0.2) is 30.0 Å². The first-order chi connectivity index (χ1) is 15.6. The van der Waals surface area contributed by atoms with E-state index < -0.39 is 72.2 Å².